The van der Waals surface area contributed by atoms with Gasteiger partial charge in [-0.15, -0.1) is 11.3 Å². The zero-order valence-electron chi connectivity index (χ0n) is 12.4. The predicted octanol–water partition coefficient (Wildman–Crippen LogP) is 4.08. The van der Waals surface area contributed by atoms with Crippen molar-refractivity contribution in [3.05, 3.63) is 82.6 Å². The predicted molar refractivity (Wildman–Crippen MR) is 92.6 cm³/mol. The molecule has 0 amide bonds. The molecule has 1 heterocycles. The van der Waals surface area contributed by atoms with E-state index in [1.54, 1.807) is 12.1 Å². The summed E-state index contributed by atoms with van der Waals surface area (Å²) in [7, 11) is 0. The van der Waals surface area contributed by atoms with Crippen molar-refractivity contribution < 1.29 is 9.53 Å². The summed E-state index contributed by atoms with van der Waals surface area (Å²) >= 11 is 1.37. The van der Waals surface area contributed by atoms with E-state index < -0.39 is 0 Å². The first kappa shape index (κ1) is 15.3. The average molecular weight is 324 g/mol. The number of benzene rings is 2. The van der Waals surface area contributed by atoms with Crippen molar-refractivity contribution in [2.45, 2.75) is 6.54 Å². The first-order valence-corrected chi connectivity index (χ1v) is 8.08. The zero-order chi connectivity index (χ0) is 15.9. The van der Waals surface area contributed by atoms with Crippen LogP contribution in [0.3, 0.4) is 0 Å². The summed E-state index contributed by atoms with van der Waals surface area (Å²) in [6.45, 7) is 0.610. The van der Waals surface area contributed by atoms with Crippen LogP contribution in [0, 0.1) is 0 Å². The molecule has 0 saturated carbocycles. The SMILES string of the molecule is O=C(Oc1cccc(CNNc2ccccc2)c1)c1cccs1. The highest BCUT2D eigenvalue weighted by atomic mass is 32.1. The molecular weight excluding hydrogens is 308 g/mol. The summed E-state index contributed by atoms with van der Waals surface area (Å²) in [6, 6.07) is 20.9. The molecule has 1 aromatic heterocycles. The number of ether oxygens (including phenoxy) is 1. The maximum atomic E-state index is 11.9. The molecule has 0 radical (unpaired) electrons. The molecular formula is C18H16N2O2S. The quantitative estimate of drug-likeness (QED) is 0.407. The second-order valence-electron chi connectivity index (χ2n) is 4.86. The molecule has 0 saturated heterocycles. The molecule has 23 heavy (non-hydrogen) atoms. The van der Waals surface area contributed by atoms with Gasteiger partial charge in [0.25, 0.3) is 0 Å². The van der Waals surface area contributed by atoms with E-state index in [4.69, 9.17) is 4.74 Å². The summed E-state index contributed by atoms with van der Waals surface area (Å²) < 4.78 is 5.39. The third-order valence-electron chi connectivity index (χ3n) is 3.13. The lowest BCUT2D eigenvalue weighted by molar-refractivity contribution is 0.0740. The van der Waals surface area contributed by atoms with E-state index in [1.165, 1.54) is 11.3 Å². The Morgan fingerprint density at radius 1 is 1.00 bits per heavy atom. The van der Waals surface area contributed by atoms with Gasteiger partial charge in [-0.3, -0.25) is 0 Å². The Morgan fingerprint density at radius 2 is 1.87 bits per heavy atom. The number of anilines is 1. The van der Waals surface area contributed by atoms with Crippen molar-refractivity contribution in [1.82, 2.24) is 5.43 Å². The molecule has 3 aromatic rings. The molecule has 4 nitrogen and oxygen atoms in total. The Hall–Kier alpha value is -2.63. The van der Waals surface area contributed by atoms with E-state index in [2.05, 4.69) is 10.9 Å². The minimum atomic E-state index is -0.326. The van der Waals surface area contributed by atoms with E-state index in [1.807, 2.05) is 60.0 Å². The Bertz CT molecular complexity index is 758. The lowest BCUT2D eigenvalue weighted by atomic mass is 10.2. The fraction of sp³-hybridized carbons (Fsp3) is 0.0556. The Kier molecular flexibility index (Phi) is 5.03. The fourth-order valence-corrected chi connectivity index (χ4v) is 2.64. The summed E-state index contributed by atoms with van der Waals surface area (Å²) in [5, 5.41) is 1.85. The Labute approximate surface area is 138 Å². The first-order valence-electron chi connectivity index (χ1n) is 7.20. The van der Waals surface area contributed by atoms with Gasteiger partial charge in [-0.1, -0.05) is 36.4 Å². The fourth-order valence-electron chi connectivity index (χ4n) is 2.04. The van der Waals surface area contributed by atoms with Crippen LogP contribution in [-0.4, -0.2) is 5.97 Å². The molecule has 0 aliphatic carbocycles. The lowest BCUT2D eigenvalue weighted by Crippen LogP contribution is -2.20. The molecule has 0 spiro atoms. The summed E-state index contributed by atoms with van der Waals surface area (Å²) in [6.07, 6.45) is 0. The van der Waals surface area contributed by atoms with Crippen molar-refractivity contribution in [3.63, 3.8) is 0 Å². The van der Waals surface area contributed by atoms with Gasteiger partial charge in [-0.05, 0) is 41.3 Å². The van der Waals surface area contributed by atoms with Crippen LogP contribution in [0.2, 0.25) is 0 Å². The van der Waals surface area contributed by atoms with E-state index in [-0.39, 0.29) is 5.97 Å². The standard InChI is InChI=1S/C18H16N2O2S/c21-18(17-10-5-11-23-17)22-16-9-4-6-14(12-16)13-19-20-15-7-2-1-3-8-15/h1-12,19-20H,13H2. The largest absolute Gasteiger partial charge is 0.422 e. The molecule has 116 valence electrons. The smallest absolute Gasteiger partial charge is 0.353 e. The summed E-state index contributed by atoms with van der Waals surface area (Å²) in [5.41, 5.74) is 8.27. The van der Waals surface area contributed by atoms with Crippen molar-refractivity contribution in [2.24, 2.45) is 0 Å². The van der Waals surface area contributed by atoms with Crippen LogP contribution in [-0.2, 0) is 6.54 Å². The highest BCUT2D eigenvalue weighted by Gasteiger charge is 2.09. The summed E-state index contributed by atoms with van der Waals surface area (Å²) in [5.74, 6) is 0.218. The maximum absolute atomic E-state index is 11.9. The van der Waals surface area contributed by atoms with E-state index in [0.717, 1.165) is 11.3 Å². The number of rotatable bonds is 6. The van der Waals surface area contributed by atoms with Crippen LogP contribution in [0.5, 0.6) is 5.75 Å². The molecule has 0 bridgehead atoms. The number of hydrazine groups is 1. The molecule has 0 atom stereocenters. The van der Waals surface area contributed by atoms with Gasteiger partial charge in [0.1, 0.15) is 10.6 Å². The Morgan fingerprint density at radius 3 is 2.65 bits per heavy atom. The number of nitrogens with one attached hydrogen (secondary N) is 2. The number of carbonyl (C=O) groups excluding carboxylic acids is 1. The molecule has 0 aliphatic heterocycles. The number of hydrogen-bond acceptors (Lipinski definition) is 5. The van der Waals surface area contributed by atoms with Gasteiger partial charge in [0.15, 0.2) is 0 Å². The number of thiophene rings is 1. The van der Waals surface area contributed by atoms with Crippen molar-refractivity contribution >= 4 is 23.0 Å². The van der Waals surface area contributed by atoms with Gasteiger partial charge in [-0.2, -0.15) is 0 Å². The maximum Gasteiger partial charge on any atom is 0.353 e. The third kappa shape index (κ3) is 4.42. The van der Waals surface area contributed by atoms with Crippen molar-refractivity contribution in [1.29, 1.82) is 0 Å². The first-order chi connectivity index (χ1) is 11.3. The molecule has 0 aliphatic rings. The number of carbonyl (C=O) groups is 1. The molecule has 2 N–H and O–H groups in total. The summed E-state index contributed by atoms with van der Waals surface area (Å²) in [4.78, 5) is 12.5. The normalized spacial score (nSPS) is 10.3. The van der Waals surface area contributed by atoms with E-state index in [9.17, 15) is 4.79 Å². The molecule has 3 rings (SSSR count). The second-order valence-corrected chi connectivity index (χ2v) is 5.81. The minimum Gasteiger partial charge on any atom is -0.422 e. The van der Waals surface area contributed by atoms with E-state index >= 15 is 0 Å². The van der Waals surface area contributed by atoms with Gasteiger partial charge in [0.05, 0.1) is 0 Å². The van der Waals surface area contributed by atoms with Gasteiger partial charge < -0.3 is 10.2 Å². The molecule has 0 fully saturated rings. The number of para-hydroxylation sites is 1. The van der Waals surface area contributed by atoms with Crippen molar-refractivity contribution in [3.8, 4) is 5.75 Å². The molecule has 0 unspecified atom stereocenters. The monoisotopic (exact) mass is 324 g/mol. The molecule has 2 aromatic carbocycles. The van der Waals surface area contributed by atoms with Crippen LogP contribution in [0.15, 0.2) is 72.1 Å². The number of esters is 1. The van der Waals surface area contributed by atoms with Gasteiger partial charge >= 0.3 is 5.97 Å². The second kappa shape index (κ2) is 7.58. The zero-order valence-corrected chi connectivity index (χ0v) is 13.2. The lowest BCUT2D eigenvalue weighted by Gasteiger charge is -2.09. The van der Waals surface area contributed by atoms with Crippen LogP contribution < -0.4 is 15.6 Å². The number of hydrogen-bond donors (Lipinski definition) is 2. The third-order valence-corrected chi connectivity index (χ3v) is 3.98. The topological polar surface area (TPSA) is 50.4 Å². The average Bonchev–Trinajstić information content (AvgIpc) is 3.11. The van der Waals surface area contributed by atoms with E-state index in [0.29, 0.717) is 17.2 Å². The minimum absolute atomic E-state index is 0.326. The van der Waals surface area contributed by atoms with Crippen LogP contribution in [0.4, 0.5) is 5.69 Å². The van der Waals surface area contributed by atoms with Gasteiger partial charge in [0, 0.05) is 12.2 Å². The van der Waals surface area contributed by atoms with Crippen molar-refractivity contribution in [2.75, 3.05) is 5.43 Å². The van der Waals surface area contributed by atoms with Crippen LogP contribution in [0.25, 0.3) is 0 Å². The molecule has 5 heteroatoms. The van der Waals surface area contributed by atoms with Crippen LogP contribution >= 0.6 is 11.3 Å². The van der Waals surface area contributed by atoms with Gasteiger partial charge in [0.2, 0.25) is 0 Å². The van der Waals surface area contributed by atoms with Gasteiger partial charge in [-0.25, -0.2) is 10.2 Å². The highest BCUT2D eigenvalue weighted by Crippen LogP contribution is 2.17. The van der Waals surface area contributed by atoms with Crippen LogP contribution in [0.1, 0.15) is 15.2 Å². The highest BCUT2D eigenvalue weighted by molar-refractivity contribution is 7.12. The Balaban J connectivity index is 1.56.